The molecule has 1 aromatic rings. The summed E-state index contributed by atoms with van der Waals surface area (Å²) in [7, 11) is 1.71. The molecule has 0 unspecified atom stereocenters. The van der Waals surface area contributed by atoms with E-state index < -0.39 is 0 Å². The van der Waals surface area contributed by atoms with E-state index in [1.54, 1.807) is 25.3 Å². The molecule has 0 spiro atoms. The quantitative estimate of drug-likeness (QED) is 0.896. The molecule has 124 valence electrons. The van der Waals surface area contributed by atoms with Crippen molar-refractivity contribution in [3.8, 4) is 11.5 Å². The summed E-state index contributed by atoms with van der Waals surface area (Å²) in [4.78, 5) is 14.8. The average Bonchev–Trinajstić information content (AvgIpc) is 3.18. The Morgan fingerprint density at radius 2 is 2.17 bits per heavy atom. The van der Waals surface area contributed by atoms with E-state index in [0.717, 1.165) is 19.3 Å². The van der Waals surface area contributed by atoms with Gasteiger partial charge in [0.15, 0.2) is 11.5 Å². The van der Waals surface area contributed by atoms with Crippen LogP contribution in [0.3, 0.4) is 0 Å². The number of hydrogen-bond acceptors (Lipinski definition) is 5. The van der Waals surface area contributed by atoms with Crippen LogP contribution in [0.4, 0.5) is 0 Å². The lowest BCUT2D eigenvalue weighted by atomic mass is 9.79. The van der Waals surface area contributed by atoms with E-state index in [1.165, 1.54) is 0 Å². The molecule has 1 saturated heterocycles. The summed E-state index contributed by atoms with van der Waals surface area (Å²) < 4.78 is 16.4. The van der Waals surface area contributed by atoms with Crippen LogP contribution in [0.2, 0.25) is 0 Å². The fourth-order valence-corrected chi connectivity index (χ4v) is 4.11. The summed E-state index contributed by atoms with van der Waals surface area (Å²) in [6.07, 6.45) is 2.55. The van der Waals surface area contributed by atoms with E-state index in [1.807, 2.05) is 4.90 Å². The summed E-state index contributed by atoms with van der Waals surface area (Å²) in [5.74, 6) is 1.24. The fourth-order valence-electron chi connectivity index (χ4n) is 4.11. The topological polar surface area (TPSA) is 68.2 Å². The van der Waals surface area contributed by atoms with Crippen LogP contribution in [0.5, 0.6) is 11.5 Å². The molecule has 2 aliphatic heterocycles. The first-order valence-electron chi connectivity index (χ1n) is 8.07. The number of aliphatic hydroxyl groups excluding tert-OH is 1. The van der Waals surface area contributed by atoms with Crippen molar-refractivity contribution in [3.63, 3.8) is 0 Å². The summed E-state index contributed by atoms with van der Waals surface area (Å²) in [6, 6.07) is 5.19. The number of aliphatic hydroxyl groups is 1. The van der Waals surface area contributed by atoms with E-state index in [2.05, 4.69) is 0 Å². The Hall–Kier alpha value is -1.79. The lowest BCUT2D eigenvalue weighted by Crippen LogP contribution is -2.52. The Morgan fingerprint density at radius 3 is 3.00 bits per heavy atom. The molecule has 0 bridgehead atoms. The second-order valence-corrected chi connectivity index (χ2v) is 6.53. The number of amides is 1. The minimum absolute atomic E-state index is 0.0404. The first-order chi connectivity index (χ1) is 11.1. The molecule has 1 saturated carbocycles. The van der Waals surface area contributed by atoms with Crippen LogP contribution in [0.15, 0.2) is 18.2 Å². The van der Waals surface area contributed by atoms with Crippen molar-refractivity contribution >= 4 is 5.91 Å². The molecule has 2 heterocycles. The van der Waals surface area contributed by atoms with Crippen LogP contribution >= 0.6 is 0 Å². The monoisotopic (exact) mass is 319 g/mol. The van der Waals surface area contributed by atoms with E-state index >= 15 is 0 Å². The van der Waals surface area contributed by atoms with Gasteiger partial charge in [0, 0.05) is 19.2 Å². The maximum atomic E-state index is 13.0. The first-order valence-corrected chi connectivity index (χ1v) is 8.07. The molecular weight excluding hydrogens is 298 g/mol. The predicted molar refractivity (Wildman–Crippen MR) is 81.6 cm³/mol. The Bertz CT molecular complexity index is 633. The zero-order valence-corrected chi connectivity index (χ0v) is 13.2. The maximum absolute atomic E-state index is 13.0. The highest BCUT2D eigenvalue weighted by Crippen LogP contribution is 2.43. The summed E-state index contributed by atoms with van der Waals surface area (Å²) in [5.41, 5.74) is 0.270. The molecule has 0 aromatic heterocycles. The van der Waals surface area contributed by atoms with Gasteiger partial charge in [-0.15, -0.1) is 0 Å². The fraction of sp³-hybridized carbons (Fsp3) is 0.588. The Labute approximate surface area is 134 Å². The number of hydrogen-bond donors (Lipinski definition) is 1. The Morgan fingerprint density at radius 1 is 1.35 bits per heavy atom. The van der Waals surface area contributed by atoms with E-state index in [0.29, 0.717) is 30.0 Å². The van der Waals surface area contributed by atoms with Gasteiger partial charge in [0.05, 0.1) is 17.7 Å². The second-order valence-electron chi connectivity index (χ2n) is 6.53. The number of nitrogens with zero attached hydrogens (tertiary/aromatic N) is 1. The average molecular weight is 319 g/mol. The highest BCUT2D eigenvalue weighted by molar-refractivity contribution is 5.95. The number of fused-ring (bicyclic) bond motifs is 2. The van der Waals surface area contributed by atoms with Crippen LogP contribution in [0.25, 0.3) is 0 Å². The summed E-state index contributed by atoms with van der Waals surface area (Å²) in [5, 5.41) is 10.0. The molecule has 1 N–H and O–H groups in total. The Kier molecular flexibility index (Phi) is 3.46. The van der Waals surface area contributed by atoms with Crippen molar-refractivity contribution in [1.29, 1.82) is 0 Å². The van der Waals surface area contributed by atoms with Crippen molar-refractivity contribution in [2.45, 2.75) is 43.4 Å². The molecule has 2 fully saturated rings. The molecule has 6 heteroatoms. The van der Waals surface area contributed by atoms with Gasteiger partial charge in [0.1, 0.15) is 0 Å². The van der Waals surface area contributed by atoms with Crippen molar-refractivity contribution in [1.82, 2.24) is 4.90 Å². The minimum Gasteiger partial charge on any atom is -0.454 e. The molecular formula is C17H21NO5. The van der Waals surface area contributed by atoms with Gasteiger partial charge in [-0.05, 0) is 43.9 Å². The van der Waals surface area contributed by atoms with Crippen molar-refractivity contribution < 1.29 is 24.1 Å². The number of ether oxygens (including phenoxy) is 3. The number of rotatable bonds is 2. The van der Waals surface area contributed by atoms with Crippen molar-refractivity contribution in [2.75, 3.05) is 20.4 Å². The van der Waals surface area contributed by atoms with Crippen LogP contribution in [0, 0.1) is 0 Å². The summed E-state index contributed by atoms with van der Waals surface area (Å²) >= 11 is 0. The molecule has 4 rings (SSSR count). The highest BCUT2D eigenvalue weighted by Gasteiger charge is 2.52. The molecule has 1 aromatic carbocycles. The molecule has 6 nitrogen and oxygen atoms in total. The second kappa shape index (κ2) is 5.39. The number of likely N-dealkylation sites (tertiary alicyclic amines) is 1. The van der Waals surface area contributed by atoms with Gasteiger partial charge in [0.2, 0.25) is 6.79 Å². The number of methoxy groups -OCH3 is 1. The van der Waals surface area contributed by atoms with Crippen LogP contribution in [-0.4, -0.2) is 54.1 Å². The normalized spacial score (nSPS) is 32.0. The highest BCUT2D eigenvalue weighted by atomic mass is 16.7. The third-order valence-corrected chi connectivity index (χ3v) is 5.44. The maximum Gasteiger partial charge on any atom is 0.254 e. The van der Waals surface area contributed by atoms with Gasteiger partial charge < -0.3 is 24.2 Å². The largest absolute Gasteiger partial charge is 0.454 e. The predicted octanol–water partition coefficient (Wildman–Crippen LogP) is 1.56. The van der Waals surface area contributed by atoms with Crippen molar-refractivity contribution in [2.24, 2.45) is 0 Å². The van der Waals surface area contributed by atoms with Crippen molar-refractivity contribution in [3.05, 3.63) is 23.8 Å². The lowest BCUT2D eigenvalue weighted by molar-refractivity contribution is -0.0824. The molecule has 23 heavy (non-hydrogen) atoms. The zero-order chi connectivity index (χ0) is 16.0. The standard InChI is InChI=1S/C17H21NO5/c1-21-17-5-4-12(19)9-15(17)18(7-6-17)16(20)11-2-3-13-14(8-11)23-10-22-13/h2-3,8,12,15,19H,4-7,9-10H2,1H3/t12-,15-,17+/m1/s1. The number of carbonyl (C=O) groups excluding carboxylic acids is 1. The third-order valence-electron chi connectivity index (χ3n) is 5.44. The minimum atomic E-state index is -0.367. The van der Waals surface area contributed by atoms with Gasteiger partial charge in [-0.25, -0.2) is 0 Å². The van der Waals surface area contributed by atoms with E-state index in [-0.39, 0.29) is 30.4 Å². The van der Waals surface area contributed by atoms with E-state index in [4.69, 9.17) is 14.2 Å². The smallest absolute Gasteiger partial charge is 0.254 e. The van der Waals surface area contributed by atoms with Crippen LogP contribution in [0.1, 0.15) is 36.0 Å². The molecule has 1 aliphatic carbocycles. The SMILES string of the molecule is CO[C@]12CC[C@@H](O)C[C@H]1N(C(=O)c1ccc3c(c1)OCO3)CC2. The van der Waals surface area contributed by atoms with Gasteiger partial charge in [-0.3, -0.25) is 4.79 Å². The molecule has 0 radical (unpaired) electrons. The third kappa shape index (κ3) is 2.28. The van der Waals surface area contributed by atoms with Crippen LogP contribution in [-0.2, 0) is 4.74 Å². The van der Waals surface area contributed by atoms with E-state index in [9.17, 15) is 9.90 Å². The lowest BCUT2D eigenvalue weighted by Gasteiger charge is -2.42. The van der Waals surface area contributed by atoms with Gasteiger partial charge in [-0.1, -0.05) is 0 Å². The van der Waals surface area contributed by atoms with Gasteiger partial charge >= 0.3 is 0 Å². The molecule has 3 aliphatic rings. The van der Waals surface area contributed by atoms with Crippen LogP contribution < -0.4 is 9.47 Å². The number of carbonyl (C=O) groups is 1. The molecule has 1 amide bonds. The molecule has 3 atom stereocenters. The first kappa shape index (κ1) is 14.8. The summed E-state index contributed by atoms with van der Waals surface area (Å²) in [6.45, 7) is 0.844. The number of benzene rings is 1. The Balaban J connectivity index is 1.61. The van der Waals surface area contributed by atoms with Gasteiger partial charge in [-0.2, -0.15) is 0 Å². The zero-order valence-electron chi connectivity index (χ0n) is 13.2. The van der Waals surface area contributed by atoms with Gasteiger partial charge in [0.25, 0.3) is 5.91 Å².